The topological polar surface area (TPSA) is 38.3 Å². The van der Waals surface area contributed by atoms with E-state index in [-0.39, 0.29) is 11.6 Å². The van der Waals surface area contributed by atoms with E-state index < -0.39 is 5.60 Å². The predicted molar refractivity (Wildman–Crippen MR) is 74.6 cm³/mol. The molecular weight excluding hydrogens is 226 g/mol. The first kappa shape index (κ1) is 15.3. The van der Waals surface area contributed by atoms with Crippen LogP contribution in [0.4, 0.5) is 4.79 Å². The van der Waals surface area contributed by atoms with Crippen LogP contribution in [0.1, 0.15) is 67.2 Å². The van der Waals surface area contributed by atoms with E-state index in [9.17, 15) is 4.79 Å². The summed E-state index contributed by atoms with van der Waals surface area (Å²) >= 11 is 0. The van der Waals surface area contributed by atoms with Crippen molar-refractivity contribution in [1.29, 1.82) is 0 Å². The monoisotopic (exact) mass is 255 g/mol. The fourth-order valence-electron chi connectivity index (χ4n) is 2.65. The Morgan fingerprint density at radius 3 is 2.00 bits per heavy atom. The second-order valence-corrected chi connectivity index (χ2v) is 7.31. The first-order chi connectivity index (χ1) is 8.10. The minimum Gasteiger partial charge on any atom is -0.444 e. The third kappa shape index (κ3) is 4.87. The van der Waals surface area contributed by atoms with E-state index in [0.717, 1.165) is 5.92 Å². The van der Waals surface area contributed by atoms with Gasteiger partial charge >= 0.3 is 6.09 Å². The summed E-state index contributed by atoms with van der Waals surface area (Å²) in [5, 5.41) is 3.04. The van der Waals surface area contributed by atoms with Gasteiger partial charge < -0.3 is 10.1 Å². The van der Waals surface area contributed by atoms with Crippen LogP contribution in [0.3, 0.4) is 0 Å². The highest BCUT2D eigenvalue weighted by Crippen LogP contribution is 2.35. The van der Waals surface area contributed by atoms with Crippen molar-refractivity contribution in [3.8, 4) is 0 Å². The van der Waals surface area contributed by atoms with Crippen molar-refractivity contribution in [2.45, 2.75) is 78.4 Å². The quantitative estimate of drug-likeness (QED) is 0.806. The van der Waals surface area contributed by atoms with Crippen molar-refractivity contribution >= 4 is 6.09 Å². The number of carbonyl (C=O) groups is 1. The Kier molecular flexibility index (Phi) is 4.68. The molecule has 0 aromatic carbocycles. The molecule has 1 amide bonds. The van der Waals surface area contributed by atoms with Crippen LogP contribution in [-0.4, -0.2) is 17.2 Å². The van der Waals surface area contributed by atoms with Crippen LogP contribution >= 0.6 is 0 Å². The minimum atomic E-state index is -0.429. The largest absolute Gasteiger partial charge is 0.444 e. The normalized spacial score (nSPS) is 25.7. The summed E-state index contributed by atoms with van der Waals surface area (Å²) < 4.78 is 5.34. The van der Waals surface area contributed by atoms with Crippen LogP contribution in [0, 0.1) is 11.8 Å². The third-order valence-corrected chi connectivity index (χ3v) is 3.86. The summed E-state index contributed by atoms with van der Waals surface area (Å²) in [4.78, 5) is 11.8. The van der Waals surface area contributed by atoms with Crippen molar-refractivity contribution in [2.24, 2.45) is 11.8 Å². The Bertz CT molecular complexity index is 283. The highest BCUT2D eigenvalue weighted by molar-refractivity contribution is 5.68. The van der Waals surface area contributed by atoms with Crippen molar-refractivity contribution in [1.82, 2.24) is 5.32 Å². The molecule has 0 aromatic heterocycles. The summed E-state index contributed by atoms with van der Waals surface area (Å²) in [5.41, 5.74) is -0.607. The lowest BCUT2D eigenvalue weighted by atomic mass is 9.74. The average molecular weight is 255 g/mol. The predicted octanol–water partition coefficient (Wildman–Crippen LogP) is 4.12. The first-order valence-electron chi connectivity index (χ1n) is 7.11. The molecule has 0 saturated heterocycles. The van der Waals surface area contributed by atoms with E-state index in [1.54, 1.807) is 0 Å². The van der Waals surface area contributed by atoms with Crippen molar-refractivity contribution in [3.05, 3.63) is 0 Å². The molecule has 1 saturated carbocycles. The molecule has 0 aliphatic heterocycles. The summed E-state index contributed by atoms with van der Waals surface area (Å²) in [7, 11) is 0. The molecule has 106 valence electrons. The number of rotatable bonds is 2. The molecule has 1 fully saturated rings. The molecule has 3 nitrogen and oxygen atoms in total. The minimum absolute atomic E-state index is 0.178. The van der Waals surface area contributed by atoms with E-state index in [2.05, 4.69) is 26.1 Å². The van der Waals surface area contributed by atoms with Gasteiger partial charge in [0.1, 0.15) is 5.60 Å². The van der Waals surface area contributed by atoms with Crippen LogP contribution in [-0.2, 0) is 4.74 Å². The van der Waals surface area contributed by atoms with Gasteiger partial charge in [-0.25, -0.2) is 4.79 Å². The standard InChI is InChI=1S/C15H29NO2/c1-11-7-9-12(10-8-11)15(5,6)16-13(17)18-14(2,3)4/h11-12H,7-10H2,1-6H3,(H,16,17)/t11-,12-. The van der Waals surface area contributed by atoms with Crippen molar-refractivity contribution < 1.29 is 9.53 Å². The SMILES string of the molecule is CC(C)(C)OC(=O)NC(C)(C)[C@H]1CC[C@H](C)CC1. The summed E-state index contributed by atoms with van der Waals surface area (Å²) in [6.45, 7) is 12.2. The molecule has 0 atom stereocenters. The number of hydrogen-bond acceptors (Lipinski definition) is 2. The molecular formula is C15H29NO2. The number of amides is 1. The van der Waals surface area contributed by atoms with Crippen LogP contribution in [0.25, 0.3) is 0 Å². The molecule has 18 heavy (non-hydrogen) atoms. The molecule has 0 spiro atoms. The van der Waals surface area contributed by atoms with E-state index in [1.807, 2.05) is 20.8 Å². The van der Waals surface area contributed by atoms with Gasteiger partial charge in [0.15, 0.2) is 0 Å². The third-order valence-electron chi connectivity index (χ3n) is 3.86. The zero-order chi connectivity index (χ0) is 14.0. The molecule has 0 aromatic rings. The van der Waals surface area contributed by atoms with Gasteiger partial charge in [-0.2, -0.15) is 0 Å². The second-order valence-electron chi connectivity index (χ2n) is 7.31. The lowest BCUT2D eigenvalue weighted by Crippen LogP contribution is -2.51. The van der Waals surface area contributed by atoms with E-state index in [4.69, 9.17) is 4.74 Å². The molecule has 3 heteroatoms. The average Bonchev–Trinajstić information content (AvgIpc) is 2.13. The second kappa shape index (κ2) is 5.50. The van der Waals surface area contributed by atoms with Gasteiger partial charge in [-0.05, 0) is 59.3 Å². The number of hydrogen-bond donors (Lipinski definition) is 1. The summed E-state index contributed by atoms with van der Waals surface area (Å²) in [6.07, 6.45) is 4.63. The molecule has 0 unspecified atom stereocenters. The smallest absolute Gasteiger partial charge is 0.408 e. The zero-order valence-electron chi connectivity index (χ0n) is 12.8. The van der Waals surface area contributed by atoms with Gasteiger partial charge in [-0.1, -0.05) is 19.8 Å². The molecule has 0 heterocycles. The maximum atomic E-state index is 11.8. The highest BCUT2D eigenvalue weighted by Gasteiger charge is 2.34. The van der Waals surface area contributed by atoms with Crippen LogP contribution in [0.15, 0.2) is 0 Å². The fourth-order valence-corrected chi connectivity index (χ4v) is 2.65. The first-order valence-corrected chi connectivity index (χ1v) is 7.11. The molecule has 1 aliphatic rings. The Morgan fingerprint density at radius 2 is 1.56 bits per heavy atom. The number of ether oxygens (including phenoxy) is 1. The lowest BCUT2D eigenvalue weighted by Gasteiger charge is -2.39. The van der Waals surface area contributed by atoms with Gasteiger partial charge in [0.05, 0.1) is 0 Å². The summed E-state index contributed by atoms with van der Waals surface area (Å²) in [6, 6.07) is 0. The van der Waals surface area contributed by atoms with Gasteiger partial charge in [-0.3, -0.25) is 0 Å². The van der Waals surface area contributed by atoms with Crippen molar-refractivity contribution in [3.63, 3.8) is 0 Å². The van der Waals surface area contributed by atoms with Gasteiger partial charge in [0, 0.05) is 5.54 Å². The zero-order valence-corrected chi connectivity index (χ0v) is 12.8. The van der Waals surface area contributed by atoms with Gasteiger partial charge in [0.25, 0.3) is 0 Å². The number of carbonyl (C=O) groups excluding carboxylic acids is 1. The van der Waals surface area contributed by atoms with Crippen LogP contribution in [0.2, 0.25) is 0 Å². The van der Waals surface area contributed by atoms with E-state index >= 15 is 0 Å². The Morgan fingerprint density at radius 1 is 1.06 bits per heavy atom. The molecule has 0 bridgehead atoms. The molecule has 1 N–H and O–H groups in total. The Balaban J connectivity index is 2.51. The maximum absolute atomic E-state index is 11.8. The van der Waals surface area contributed by atoms with Gasteiger partial charge in [0.2, 0.25) is 0 Å². The van der Waals surface area contributed by atoms with Crippen molar-refractivity contribution in [2.75, 3.05) is 0 Å². The molecule has 0 radical (unpaired) electrons. The fraction of sp³-hybridized carbons (Fsp3) is 0.933. The molecule has 1 rings (SSSR count). The van der Waals surface area contributed by atoms with Crippen LogP contribution < -0.4 is 5.32 Å². The number of alkyl carbamates (subject to hydrolysis) is 1. The van der Waals surface area contributed by atoms with E-state index in [0.29, 0.717) is 5.92 Å². The summed E-state index contributed by atoms with van der Waals surface area (Å²) in [5.74, 6) is 1.39. The highest BCUT2D eigenvalue weighted by atomic mass is 16.6. The van der Waals surface area contributed by atoms with E-state index in [1.165, 1.54) is 25.7 Å². The van der Waals surface area contributed by atoms with Crippen LogP contribution in [0.5, 0.6) is 0 Å². The number of nitrogens with one attached hydrogen (secondary N) is 1. The Hall–Kier alpha value is -0.730. The van der Waals surface area contributed by atoms with Gasteiger partial charge in [-0.15, -0.1) is 0 Å². The Labute approximate surface area is 112 Å². The lowest BCUT2D eigenvalue weighted by molar-refractivity contribution is 0.0410. The molecule has 1 aliphatic carbocycles. The maximum Gasteiger partial charge on any atom is 0.408 e.